The van der Waals surface area contributed by atoms with Gasteiger partial charge in [0.05, 0.1) is 17.4 Å². The lowest BCUT2D eigenvalue weighted by atomic mass is 10.0. The summed E-state index contributed by atoms with van der Waals surface area (Å²) in [6.45, 7) is -0.0539. The fourth-order valence-electron chi connectivity index (χ4n) is 3.88. The summed E-state index contributed by atoms with van der Waals surface area (Å²) in [4.78, 5) is 22.5. The van der Waals surface area contributed by atoms with Gasteiger partial charge >= 0.3 is 0 Å². The van der Waals surface area contributed by atoms with Gasteiger partial charge in [-0.05, 0) is 42.0 Å². The van der Waals surface area contributed by atoms with Gasteiger partial charge in [-0.1, -0.05) is 6.07 Å². The van der Waals surface area contributed by atoms with Crippen LogP contribution in [0.1, 0.15) is 6.92 Å². The Morgan fingerprint density at radius 3 is 2.63 bits per heavy atom. The van der Waals surface area contributed by atoms with E-state index in [1.165, 1.54) is 10.6 Å². The zero-order valence-electron chi connectivity index (χ0n) is 19.3. The van der Waals surface area contributed by atoms with E-state index in [0.717, 1.165) is 23.4 Å². The van der Waals surface area contributed by atoms with E-state index in [4.69, 9.17) is 4.74 Å². The summed E-state index contributed by atoms with van der Waals surface area (Å²) in [5.74, 6) is -2.39. The summed E-state index contributed by atoms with van der Waals surface area (Å²) in [5.41, 5.74) is 2.42. The van der Waals surface area contributed by atoms with Gasteiger partial charge in [-0.15, -0.1) is 0 Å². The topological polar surface area (TPSA) is 86.9 Å². The molecule has 0 radical (unpaired) electrons. The van der Waals surface area contributed by atoms with Crippen molar-refractivity contribution in [3.63, 3.8) is 0 Å². The minimum atomic E-state index is -3.02. The van der Waals surface area contributed by atoms with Crippen molar-refractivity contribution >= 4 is 27.8 Å². The molecule has 4 aromatic heterocycles. The molecule has 5 aromatic rings. The number of nitrogens with zero attached hydrogens (tertiary/aromatic N) is 5. The number of halogens is 2. The number of fused-ring (bicyclic) bond motifs is 2. The van der Waals surface area contributed by atoms with Crippen LogP contribution in [-0.4, -0.2) is 43.9 Å². The summed E-state index contributed by atoms with van der Waals surface area (Å²) in [6, 6.07) is 14.0. The van der Waals surface area contributed by atoms with E-state index in [1.54, 1.807) is 42.2 Å². The van der Waals surface area contributed by atoms with E-state index in [1.807, 2.05) is 31.4 Å². The van der Waals surface area contributed by atoms with Gasteiger partial charge < -0.3 is 10.1 Å². The second kappa shape index (κ2) is 8.46. The van der Waals surface area contributed by atoms with Gasteiger partial charge in [0.25, 0.3) is 11.5 Å². The second-order valence-electron chi connectivity index (χ2n) is 8.35. The second-order valence-corrected chi connectivity index (χ2v) is 8.35. The van der Waals surface area contributed by atoms with Gasteiger partial charge in [-0.3, -0.25) is 14.0 Å². The van der Waals surface area contributed by atoms with Crippen LogP contribution in [0.3, 0.4) is 0 Å². The van der Waals surface area contributed by atoms with Gasteiger partial charge in [0.2, 0.25) is 5.88 Å². The number of alkyl halides is 2. The molecular weight excluding hydrogens is 454 g/mol. The first-order valence-electron chi connectivity index (χ1n) is 10.9. The lowest BCUT2D eigenvalue weighted by Gasteiger charge is -2.15. The third-order valence-corrected chi connectivity index (χ3v) is 5.49. The highest BCUT2D eigenvalue weighted by Gasteiger charge is 2.23. The maximum atomic E-state index is 13.8. The van der Waals surface area contributed by atoms with Gasteiger partial charge in [-0.2, -0.15) is 10.1 Å². The standard InChI is InChI=1S/C25H22F2N6O2/c1-25(26,27)14-35-22-9-5-16-11-19(15-4-7-20-17(10-15)13-32(3)31-20)24(34)33(23(16)30-22)18-6-8-21(28-2)29-12-18/h4-13H,14H2,1-3H3,(H,28,29). The molecule has 0 fully saturated rings. The minimum absolute atomic E-state index is 0.00323. The molecule has 0 aliphatic carbocycles. The van der Waals surface area contributed by atoms with Gasteiger partial charge in [-0.25, -0.2) is 13.8 Å². The highest BCUT2D eigenvalue weighted by molar-refractivity contribution is 5.88. The number of benzene rings is 1. The maximum Gasteiger partial charge on any atom is 0.278 e. The Kier molecular flexibility index (Phi) is 5.43. The molecule has 0 saturated carbocycles. The van der Waals surface area contributed by atoms with E-state index < -0.39 is 12.5 Å². The largest absolute Gasteiger partial charge is 0.471 e. The van der Waals surface area contributed by atoms with Crippen LogP contribution >= 0.6 is 0 Å². The van der Waals surface area contributed by atoms with Crippen molar-refractivity contribution in [2.75, 3.05) is 19.0 Å². The average Bonchev–Trinajstić information content (AvgIpc) is 3.21. The van der Waals surface area contributed by atoms with Gasteiger partial charge in [0, 0.05) is 49.6 Å². The maximum absolute atomic E-state index is 13.8. The number of ether oxygens (including phenoxy) is 1. The van der Waals surface area contributed by atoms with Crippen LogP contribution in [-0.2, 0) is 7.05 Å². The molecule has 0 saturated heterocycles. The average molecular weight is 476 g/mol. The Morgan fingerprint density at radius 1 is 1.09 bits per heavy atom. The first-order valence-corrected chi connectivity index (χ1v) is 10.9. The van der Waals surface area contributed by atoms with Crippen molar-refractivity contribution in [2.45, 2.75) is 12.8 Å². The number of hydrogen-bond donors (Lipinski definition) is 1. The van der Waals surface area contributed by atoms with Crippen molar-refractivity contribution in [2.24, 2.45) is 7.05 Å². The number of rotatable bonds is 6. The van der Waals surface area contributed by atoms with Gasteiger partial charge in [0.15, 0.2) is 12.3 Å². The Morgan fingerprint density at radius 2 is 1.91 bits per heavy atom. The van der Waals surface area contributed by atoms with Crippen molar-refractivity contribution in [1.29, 1.82) is 0 Å². The summed E-state index contributed by atoms with van der Waals surface area (Å²) < 4.78 is 35.0. The molecule has 0 aliphatic heterocycles. The van der Waals surface area contributed by atoms with Crippen LogP contribution in [0.25, 0.3) is 38.8 Å². The smallest absolute Gasteiger partial charge is 0.278 e. The summed E-state index contributed by atoms with van der Waals surface area (Å²) in [7, 11) is 3.58. The highest BCUT2D eigenvalue weighted by Crippen LogP contribution is 2.27. The minimum Gasteiger partial charge on any atom is -0.471 e. The molecule has 4 heterocycles. The Hall–Kier alpha value is -4.34. The van der Waals surface area contributed by atoms with E-state index in [0.29, 0.717) is 22.5 Å². The third-order valence-electron chi connectivity index (χ3n) is 5.49. The molecule has 178 valence electrons. The molecule has 0 spiro atoms. The number of aromatic nitrogens is 5. The predicted octanol–water partition coefficient (Wildman–Crippen LogP) is 4.41. The fourth-order valence-corrected chi connectivity index (χ4v) is 3.88. The van der Waals surface area contributed by atoms with E-state index in [-0.39, 0.29) is 17.1 Å². The number of anilines is 1. The molecule has 5 rings (SSSR count). The van der Waals surface area contributed by atoms with Crippen LogP contribution in [0.2, 0.25) is 0 Å². The summed E-state index contributed by atoms with van der Waals surface area (Å²) in [5, 5.41) is 8.87. The molecular formula is C25H22F2N6O2. The number of pyridine rings is 3. The third kappa shape index (κ3) is 4.42. The van der Waals surface area contributed by atoms with Crippen LogP contribution in [0, 0.1) is 0 Å². The van der Waals surface area contributed by atoms with Crippen LogP contribution in [0.15, 0.2) is 65.7 Å². The normalized spacial score (nSPS) is 11.8. The number of nitrogens with one attached hydrogen (secondary N) is 1. The lowest BCUT2D eigenvalue weighted by Crippen LogP contribution is -2.23. The molecule has 0 unspecified atom stereocenters. The van der Waals surface area contributed by atoms with Crippen molar-refractivity contribution in [1.82, 2.24) is 24.3 Å². The monoisotopic (exact) mass is 476 g/mol. The first-order chi connectivity index (χ1) is 16.7. The SMILES string of the molecule is CNc1ccc(-n2c(=O)c(-c3ccc4nn(C)cc4c3)cc3ccc(OCC(C)(F)F)nc32)cn1. The predicted molar refractivity (Wildman–Crippen MR) is 131 cm³/mol. The number of aryl methyl sites for hydroxylation is 1. The Bertz CT molecular complexity index is 1600. The summed E-state index contributed by atoms with van der Waals surface area (Å²) >= 11 is 0. The molecule has 1 aromatic carbocycles. The molecule has 0 aliphatic rings. The molecule has 0 bridgehead atoms. The van der Waals surface area contributed by atoms with Crippen LogP contribution in [0.4, 0.5) is 14.6 Å². The highest BCUT2D eigenvalue weighted by atomic mass is 19.3. The van der Waals surface area contributed by atoms with Gasteiger partial charge in [0.1, 0.15) is 5.82 Å². The lowest BCUT2D eigenvalue weighted by molar-refractivity contribution is -0.0241. The quantitative estimate of drug-likeness (QED) is 0.391. The van der Waals surface area contributed by atoms with E-state index in [2.05, 4.69) is 20.4 Å². The fraction of sp³-hybridized carbons (Fsp3) is 0.200. The molecule has 35 heavy (non-hydrogen) atoms. The molecule has 10 heteroatoms. The molecule has 8 nitrogen and oxygen atoms in total. The number of hydrogen-bond acceptors (Lipinski definition) is 6. The molecule has 1 N–H and O–H groups in total. The molecule has 0 atom stereocenters. The van der Waals surface area contributed by atoms with Crippen LogP contribution < -0.4 is 15.6 Å². The van der Waals surface area contributed by atoms with Crippen molar-refractivity contribution < 1.29 is 13.5 Å². The Labute approximate surface area is 198 Å². The Balaban J connectivity index is 1.72. The summed E-state index contributed by atoms with van der Waals surface area (Å²) in [6.07, 6.45) is 3.43. The van der Waals surface area contributed by atoms with Crippen molar-refractivity contribution in [3.8, 4) is 22.7 Å². The van der Waals surface area contributed by atoms with Crippen molar-refractivity contribution in [3.05, 3.63) is 71.3 Å². The van der Waals surface area contributed by atoms with E-state index in [9.17, 15) is 13.6 Å². The van der Waals surface area contributed by atoms with Crippen LogP contribution in [0.5, 0.6) is 5.88 Å². The zero-order chi connectivity index (χ0) is 24.7. The van der Waals surface area contributed by atoms with E-state index >= 15 is 0 Å². The molecule has 0 amide bonds. The zero-order valence-corrected chi connectivity index (χ0v) is 19.3. The first kappa shape index (κ1) is 22.5.